The first-order chi connectivity index (χ1) is 10.6. The normalized spacial score (nSPS) is 20.0. The molecule has 1 unspecified atom stereocenters. The Morgan fingerprint density at radius 3 is 3.00 bits per heavy atom. The van der Waals surface area contributed by atoms with Gasteiger partial charge in [-0.15, -0.1) is 0 Å². The fourth-order valence-electron chi connectivity index (χ4n) is 2.33. The van der Waals surface area contributed by atoms with Gasteiger partial charge in [0.25, 0.3) is 0 Å². The topological polar surface area (TPSA) is 85.5 Å². The van der Waals surface area contributed by atoms with Gasteiger partial charge in [0.05, 0.1) is 12.7 Å². The van der Waals surface area contributed by atoms with E-state index in [-0.39, 0.29) is 17.5 Å². The van der Waals surface area contributed by atoms with Crippen molar-refractivity contribution in [2.24, 2.45) is 0 Å². The summed E-state index contributed by atoms with van der Waals surface area (Å²) in [6.07, 6.45) is 6.59. The van der Waals surface area contributed by atoms with E-state index in [1.54, 1.807) is 12.3 Å². The molecule has 0 saturated carbocycles. The Hall–Kier alpha value is -1.64. The Morgan fingerprint density at radius 1 is 1.41 bits per heavy atom. The van der Waals surface area contributed by atoms with E-state index in [4.69, 9.17) is 16.3 Å². The van der Waals surface area contributed by atoms with Crippen LogP contribution in [0.4, 0.5) is 0 Å². The van der Waals surface area contributed by atoms with Crippen molar-refractivity contribution in [3.63, 3.8) is 0 Å². The molecule has 22 heavy (non-hydrogen) atoms. The minimum Gasteiger partial charge on any atom is -0.487 e. The highest BCUT2D eigenvalue weighted by Crippen LogP contribution is 2.27. The zero-order valence-electron chi connectivity index (χ0n) is 11.6. The van der Waals surface area contributed by atoms with E-state index in [9.17, 15) is 8.42 Å². The predicted octanol–water partition coefficient (Wildman–Crippen LogP) is 1.96. The number of pyridine rings is 1. The first-order valence-electron chi connectivity index (χ1n) is 6.73. The third kappa shape index (κ3) is 3.08. The van der Waals surface area contributed by atoms with Crippen LogP contribution in [0.25, 0.3) is 0 Å². The number of rotatable bonds is 4. The van der Waals surface area contributed by atoms with Crippen LogP contribution in [0.2, 0.25) is 5.02 Å². The third-order valence-corrected chi connectivity index (χ3v) is 5.51. The summed E-state index contributed by atoms with van der Waals surface area (Å²) in [6, 6.07) is 1.66. The van der Waals surface area contributed by atoms with Crippen LogP contribution in [0.5, 0.6) is 5.75 Å². The van der Waals surface area contributed by atoms with Crippen LogP contribution in [0.15, 0.2) is 40.3 Å². The largest absolute Gasteiger partial charge is 0.487 e. The van der Waals surface area contributed by atoms with E-state index < -0.39 is 10.0 Å². The lowest BCUT2D eigenvalue weighted by Gasteiger charge is -2.31. The molecule has 1 atom stereocenters. The Bertz CT molecular complexity index is 736. The van der Waals surface area contributed by atoms with Gasteiger partial charge in [-0.3, -0.25) is 4.98 Å². The highest BCUT2D eigenvalue weighted by molar-refractivity contribution is 7.89. The van der Waals surface area contributed by atoms with Gasteiger partial charge in [0.15, 0.2) is 0 Å². The summed E-state index contributed by atoms with van der Waals surface area (Å²) in [4.78, 5) is 3.94. The number of hydrogen-bond donors (Lipinski definition) is 0. The van der Waals surface area contributed by atoms with Gasteiger partial charge in [0, 0.05) is 25.0 Å². The molecule has 0 bridgehead atoms. The molecule has 0 aromatic carbocycles. The molecule has 0 spiro atoms. The molecule has 1 aliphatic heterocycles. The molecule has 1 saturated heterocycles. The maximum absolute atomic E-state index is 12.4. The molecular formula is C13H14ClN3O4S. The SMILES string of the molecule is O=S(=O)(c1cnoc1)N1CCCC(Oc2ccncc2Cl)C1. The van der Waals surface area contributed by atoms with Crippen molar-refractivity contribution in [1.82, 2.24) is 14.4 Å². The molecule has 1 fully saturated rings. The average molecular weight is 344 g/mol. The second kappa shape index (κ2) is 6.23. The van der Waals surface area contributed by atoms with Crippen molar-refractivity contribution in [2.45, 2.75) is 23.8 Å². The highest BCUT2D eigenvalue weighted by Gasteiger charge is 2.32. The lowest BCUT2D eigenvalue weighted by molar-refractivity contribution is 0.129. The summed E-state index contributed by atoms with van der Waals surface area (Å²) in [5.41, 5.74) is 0. The molecule has 2 aromatic rings. The molecule has 9 heteroatoms. The second-order valence-electron chi connectivity index (χ2n) is 4.91. The molecule has 0 aliphatic carbocycles. The maximum Gasteiger partial charge on any atom is 0.248 e. The molecule has 3 rings (SSSR count). The van der Waals surface area contributed by atoms with Crippen LogP contribution >= 0.6 is 11.6 Å². The van der Waals surface area contributed by atoms with Crippen LogP contribution in [0, 0.1) is 0 Å². The zero-order valence-corrected chi connectivity index (χ0v) is 13.1. The lowest BCUT2D eigenvalue weighted by Crippen LogP contribution is -2.44. The maximum atomic E-state index is 12.4. The molecule has 2 aromatic heterocycles. The van der Waals surface area contributed by atoms with E-state index in [0.717, 1.165) is 12.7 Å². The fourth-order valence-corrected chi connectivity index (χ4v) is 3.86. The van der Waals surface area contributed by atoms with Gasteiger partial charge >= 0.3 is 0 Å². The van der Waals surface area contributed by atoms with E-state index in [0.29, 0.717) is 23.7 Å². The molecule has 118 valence electrons. The molecular weight excluding hydrogens is 330 g/mol. The van der Waals surface area contributed by atoms with Crippen molar-refractivity contribution >= 4 is 21.6 Å². The van der Waals surface area contributed by atoms with Crippen molar-refractivity contribution in [3.05, 3.63) is 35.9 Å². The van der Waals surface area contributed by atoms with E-state index in [1.165, 1.54) is 16.7 Å². The number of halogens is 1. The Balaban J connectivity index is 1.74. The van der Waals surface area contributed by atoms with Gasteiger partial charge in [-0.1, -0.05) is 16.8 Å². The van der Waals surface area contributed by atoms with Crippen LogP contribution in [-0.2, 0) is 10.0 Å². The Morgan fingerprint density at radius 2 is 2.27 bits per heavy atom. The smallest absolute Gasteiger partial charge is 0.248 e. The lowest BCUT2D eigenvalue weighted by atomic mass is 10.1. The van der Waals surface area contributed by atoms with Crippen molar-refractivity contribution < 1.29 is 17.7 Å². The van der Waals surface area contributed by atoms with Gasteiger partial charge < -0.3 is 9.26 Å². The monoisotopic (exact) mass is 343 g/mol. The molecule has 3 heterocycles. The molecule has 7 nitrogen and oxygen atoms in total. The molecule has 1 aliphatic rings. The Kier molecular flexibility index (Phi) is 4.32. The minimum absolute atomic E-state index is 0.0510. The van der Waals surface area contributed by atoms with Crippen LogP contribution < -0.4 is 4.74 Å². The molecule has 0 amide bonds. The third-order valence-electron chi connectivity index (χ3n) is 3.42. The number of aromatic nitrogens is 2. The predicted molar refractivity (Wildman–Crippen MR) is 78.2 cm³/mol. The van der Waals surface area contributed by atoms with Gasteiger partial charge in [-0.2, -0.15) is 4.31 Å². The summed E-state index contributed by atoms with van der Waals surface area (Å²) in [6.45, 7) is 0.698. The van der Waals surface area contributed by atoms with Crippen molar-refractivity contribution in [3.8, 4) is 5.75 Å². The number of piperidine rings is 1. The number of ether oxygens (including phenoxy) is 1. The van der Waals surface area contributed by atoms with E-state index >= 15 is 0 Å². The quantitative estimate of drug-likeness (QED) is 0.843. The Labute approximate surface area is 132 Å². The van der Waals surface area contributed by atoms with E-state index in [1.807, 2.05) is 0 Å². The van der Waals surface area contributed by atoms with Gasteiger partial charge in [0.2, 0.25) is 10.0 Å². The summed E-state index contributed by atoms with van der Waals surface area (Å²) in [5.74, 6) is 0.505. The zero-order chi connectivity index (χ0) is 15.6. The molecule has 0 radical (unpaired) electrons. The van der Waals surface area contributed by atoms with Crippen molar-refractivity contribution in [2.75, 3.05) is 13.1 Å². The number of hydrogen-bond acceptors (Lipinski definition) is 6. The van der Waals surface area contributed by atoms with Crippen molar-refractivity contribution in [1.29, 1.82) is 0 Å². The van der Waals surface area contributed by atoms with Gasteiger partial charge in [-0.25, -0.2) is 8.42 Å². The first-order valence-corrected chi connectivity index (χ1v) is 8.55. The van der Waals surface area contributed by atoms with E-state index in [2.05, 4.69) is 14.7 Å². The molecule has 0 N–H and O–H groups in total. The van der Waals surface area contributed by atoms with Crippen LogP contribution in [0.1, 0.15) is 12.8 Å². The standard InChI is InChI=1S/C13H14ClN3O4S/c14-12-7-15-4-3-13(12)21-10-2-1-5-17(8-10)22(18,19)11-6-16-20-9-11/h3-4,6-7,9-10H,1-2,5,8H2. The highest BCUT2D eigenvalue weighted by atomic mass is 35.5. The average Bonchev–Trinajstić information content (AvgIpc) is 3.05. The number of sulfonamides is 1. The number of nitrogens with zero attached hydrogens (tertiary/aromatic N) is 3. The summed E-state index contributed by atoms with van der Waals surface area (Å²) in [7, 11) is -3.60. The van der Waals surface area contributed by atoms with Gasteiger partial charge in [-0.05, 0) is 12.8 Å². The second-order valence-corrected chi connectivity index (χ2v) is 7.26. The summed E-state index contributed by atoms with van der Waals surface area (Å²) < 4.78 is 36.7. The first kappa shape index (κ1) is 15.3. The van der Waals surface area contributed by atoms with Gasteiger partial charge in [0.1, 0.15) is 28.0 Å². The summed E-state index contributed by atoms with van der Waals surface area (Å²) in [5, 5.41) is 3.85. The summed E-state index contributed by atoms with van der Waals surface area (Å²) >= 11 is 6.01. The van der Waals surface area contributed by atoms with Crippen LogP contribution in [0.3, 0.4) is 0 Å². The fraction of sp³-hybridized carbons (Fsp3) is 0.385. The minimum atomic E-state index is -3.60. The van der Waals surface area contributed by atoms with Crippen LogP contribution in [-0.4, -0.2) is 42.1 Å².